The molecule has 0 fully saturated rings. The van der Waals surface area contributed by atoms with E-state index < -0.39 is 0 Å². The average molecular weight is 375 g/mol. The van der Waals surface area contributed by atoms with Crippen molar-refractivity contribution >= 4 is 0 Å². The Kier molecular flexibility index (Phi) is 9.30. The van der Waals surface area contributed by atoms with Gasteiger partial charge in [-0.25, -0.2) is 9.13 Å². The van der Waals surface area contributed by atoms with Gasteiger partial charge in [-0.1, -0.05) is 11.8 Å². The molecule has 0 unspecified atom stereocenters. The molecule has 0 amide bonds. The van der Waals surface area contributed by atoms with Crippen LogP contribution in [0.3, 0.4) is 0 Å². The van der Waals surface area contributed by atoms with Crippen molar-refractivity contribution in [1.82, 2.24) is 0 Å². The molecule has 0 radical (unpaired) electrons. The van der Waals surface area contributed by atoms with E-state index in [-0.39, 0.29) is 0 Å². The summed E-state index contributed by atoms with van der Waals surface area (Å²) in [5.41, 5.74) is 5.29. The summed E-state index contributed by atoms with van der Waals surface area (Å²) < 4.78 is 4.57. The van der Waals surface area contributed by atoms with Crippen LogP contribution in [-0.4, -0.2) is 0 Å². The van der Waals surface area contributed by atoms with E-state index in [0.29, 0.717) is 0 Å². The van der Waals surface area contributed by atoms with Crippen molar-refractivity contribution in [3.63, 3.8) is 0 Å². The Balaban J connectivity index is 1.55. The van der Waals surface area contributed by atoms with E-state index in [1.54, 1.807) is 0 Å². The summed E-state index contributed by atoms with van der Waals surface area (Å²) in [6.45, 7) is 10.7. The van der Waals surface area contributed by atoms with Gasteiger partial charge in [0.25, 0.3) is 0 Å². The summed E-state index contributed by atoms with van der Waals surface area (Å²) in [5.74, 6) is 12.4. The fourth-order valence-electron chi connectivity index (χ4n) is 3.48. The average Bonchev–Trinajstić information content (AvgIpc) is 2.61. The maximum absolute atomic E-state index is 3.19. The van der Waals surface area contributed by atoms with Crippen LogP contribution in [0.2, 0.25) is 0 Å². The Hall–Kier alpha value is -2.58. The monoisotopic (exact) mass is 374 g/mol. The molecule has 0 spiro atoms. The van der Waals surface area contributed by atoms with Crippen LogP contribution in [0.4, 0.5) is 0 Å². The van der Waals surface area contributed by atoms with Gasteiger partial charge in [-0.05, 0) is 64.5 Å². The highest BCUT2D eigenvalue weighted by molar-refractivity contribution is 5.25. The van der Waals surface area contributed by atoms with Crippen LogP contribution in [0.25, 0.3) is 0 Å². The van der Waals surface area contributed by atoms with E-state index >= 15 is 0 Å². The fraction of sp³-hybridized carbons (Fsp3) is 0.462. The summed E-state index contributed by atoms with van der Waals surface area (Å²) in [4.78, 5) is 0. The Labute approximate surface area is 171 Å². The second-order valence-electron chi connectivity index (χ2n) is 7.77. The van der Waals surface area contributed by atoms with Gasteiger partial charge in [0.2, 0.25) is 0 Å². The first kappa shape index (κ1) is 21.7. The van der Waals surface area contributed by atoms with E-state index in [0.717, 1.165) is 51.6 Å². The lowest BCUT2D eigenvalue weighted by Gasteiger charge is -1.99. The summed E-state index contributed by atoms with van der Waals surface area (Å²) in [5, 5.41) is 0. The summed E-state index contributed by atoms with van der Waals surface area (Å²) >= 11 is 0. The molecule has 146 valence electrons. The van der Waals surface area contributed by atoms with Gasteiger partial charge in [-0.15, -0.1) is 0 Å². The first-order valence-corrected chi connectivity index (χ1v) is 10.4. The van der Waals surface area contributed by atoms with Crippen molar-refractivity contribution in [3.8, 4) is 23.7 Å². The zero-order valence-electron chi connectivity index (χ0n) is 18.0. The van der Waals surface area contributed by atoms with Gasteiger partial charge in [0.1, 0.15) is 13.1 Å². The van der Waals surface area contributed by atoms with Gasteiger partial charge in [0, 0.05) is 47.9 Å². The molecule has 28 heavy (non-hydrogen) atoms. The van der Waals surface area contributed by atoms with Gasteiger partial charge in [-0.3, -0.25) is 0 Å². The Morgan fingerprint density at radius 1 is 0.571 bits per heavy atom. The SMILES string of the molecule is Cc1cc(C)c[n+](CCCCC#CC#CCCCC[n+]2cc(C)cc(C)c2)c1. The van der Waals surface area contributed by atoms with Crippen molar-refractivity contribution in [2.45, 2.75) is 79.3 Å². The van der Waals surface area contributed by atoms with Gasteiger partial charge in [-0.2, -0.15) is 0 Å². The van der Waals surface area contributed by atoms with Crippen LogP contribution in [0.15, 0.2) is 36.9 Å². The first-order chi connectivity index (χ1) is 13.5. The normalized spacial score (nSPS) is 10.0. The van der Waals surface area contributed by atoms with Gasteiger partial charge in [0.05, 0.1) is 0 Å². The predicted octanol–water partition coefficient (Wildman–Crippen LogP) is 4.54. The molecule has 0 atom stereocenters. The second kappa shape index (κ2) is 12.0. The minimum absolute atomic E-state index is 0.934. The molecule has 0 aliphatic rings. The van der Waals surface area contributed by atoms with E-state index in [2.05, 4.69) is 97.4 Å². The number of pyridine rings is 2. The minimum Gasteiger partial charge on any atom is -0.205 e. The first-order valence-electron chi connectivity index (χ1n) is 10.4. The quantitative estimate of drug-likeness (QED) is 0.364. The van der Waals surface area contributed by atoms with Crippen molar-refractivity contribution in [1.29, 1.82) is 0 Å². The lowest BCUT2D eigenvalue weighted by Crippen LogP contribution is -2.33. The number of hydrogen-bond donors (Lipinski definition) is 0. The summed E-state index contributed by atoms with van der Waals surface area (Å²) in [6, 6.07) is 4.42. The van der Waals surface area contributed by atoms with E-state index in [1.807, 2.05) is 0 Å². The van der Waals surface area contributed by atoms with E-state index in [1.165, 1.54) is 22.3 Å². The molecule has 2 aromatic heterocycles. The Morgan fingerprint density at radius 2 is 0.929 bits per heavy atom. The van der Waals surface area contributed by atoms with Crippen LogP contribution in [0.1, 0.15) is 60.8 Å². The molecule has 0 bridgehead atoms. The van der Waals surface area contributed by atoms with Crippen LogP contribution >= 0.6 is 0 Å². The molecule has 2 rings (SSSR count). The largest absolute Gasteiger partial charge is 0.205 e. The lowest BCUT2D eigenvalue weighted by molar-refractivity contribution is -0.698. The highest BCUT2D eigenvalue weighted by Crippen LogP contribution is 2.00. The highest BCUT2D eigenvalue weighted by Gasteiger charge is 2.03. The number of hydrogen-bond acceptors (Lipinski definition) is 0. The molecule has 0 saturated heterocycles. The number of aryl methyl sites for hydroxylation is 6. The molecule has 2 heteroatoms. The number of aromatic nitrogens is 2. The van der Waals surface area contributed by atoms with Gasteiger partial charge >= 0.3 is 0 Å². The third kappa shape index (κ3) is 8.88. The van der Waals surface area contributed by atoms with Crippen molar-refractivity contribution in [2.75, 3.05) is 0 Å². The standard InChI is InChI=1S/C26H34N2/c1-23-17-24(2)20-27(19-23)15-13-11-9-7-5-6-8-10-12-14-16-28-21-25(3)18-26(4)22-28/h17-22H,9-16H2,1-4H3/q+2. The third-order valence-corrected chi connectivity index (χ3v) is 4.56. The van der Waals surface area contributed by atoms with Crippen molar-refractivity contribution in [2.24, 2.45) is 0 Å². The maximum atomic E-state index is 3.19. The van der Waals surface area contributed by atoms with Crippen LogP contribution in [0.5, 0.6) is 0 Å². The summed E-state index contributed by atoms with van der Waals surface area (Å²) in [7, 11) is 0. The van der Waals surface area contributed by atoms with E-state index in [4.69, 9.17) is 0 Å². The molecular weight excluding hydrogens is 340 g/mol. The van der Waals surface area contributed by atoms with Gasteiger partial charge < -0.3 is 0 Å². The molecule has 0 N–H and O–H groups in total. The molecule has 2 aromatic rings. The number of rotatable bonds is 8. The smallest absolute Gasteiger partial charge is 0.171 e. The highest BCUT2D eigenvalue weighted by atomic mass is 14.9. The van der Waals surface area contributed by atoms with Gasteiger partial charge in [0.15, 0.2) is 24.8 Å². The molecule has 0 saturated carbocycles. The second-order valence-corrected chi connectivity index (χ2v) is 7.77. The van der Waals surface area contributed by atoms with Crippen LogP contribution in [0, 0.1) is 51.4 Å². The van der Waals surface area contributed by atoms with E-state index in [9.17, 15) is 0 Å². The minimum atomic E-state index is 0.934. The molecule has 0 aliphatic carbocycles. The zero-order chi connectivity index (χ0) is 20.2. The molecule has 0 aliphatic heterocycles. The topological polar surface area (TPSA) is 7.76 Å². The number of nitrogens with zero attached hydrogens (tertiary/aromatic N) is 2. The van der Waals surface area contributed by atoms with Crippen LogP contribution < -0.4 is 9.13 Å². The maximum Gasteiger partial charge on any atom is 0.171 e. The van der Waals surface area contributed by atoms with Crippen molar-refractivity contribution in [3.05, 3.63) is 59.2 Å². The zero-order valence-corrected chi connectivity index (χ0v) is 18.0. The van der Waals surface area contributed by atoms with Crippen LogP contribution in [-0.2, 0) is 13.1 Å². The Morgan fingerprint density at radius 3 is 1.29 bits per heavy atom. The predicted molar refractivity (Wildman–Crippen MR) is 115 cm³/mol. The lowest BCUT2D eigenvalue weighted by atomic mass is 10.2. The summed E-state index contributed by atoms with van der Waals surface area (Å²) in [6.07, 6.45) is 15.3. The Bertz CT molecular complexity index is 772. The fourth-order valence-corrected chi connectivity index (χ4v) is 3.48. The third-order valence-electron chi connectivity index (χ3n) is 4.56. The molecule has 2 heterocycles. The molecule has 2 nitrogen and oxygen atoms in total. The molecule has 0 aromatic carbocycles. The number of unbranched alkanes of at least 4 members (excludes halogenated alkanes) is 4. The van der Waals surface area contributed by atoms with Crippen molar-refractivity contribution < 1.29 is 9.13 Å². The molecular formula is C26H34N2+2.